The summed E-state index contributed by atoms with van der Waals surface area (Å²) in [5.74, 6) is 0.106. The van der Waals surface area contributed by atoms with Gasteiger partial charge in [-0.2, -0.15) is 0 Å². The lowest BCUT2D eigenvalue weighted by molar-refractivity contribution is -0.148. The van der Waals surface area contributed by atoms with Gasteiger partial charge in [0.2, 0.25) is 5.91 Å². The number of nitrogens with zero attached hydrogens (tertiary/aromatic N) is 1. The molecule has 0 atom stereocenters. The van der Waals surface area contributed by atoms with Crippen molar-refractivity contribution in [2.75, 3.05) is 0 Å². The van der Waals surface area contributed by atoms with E-state index in [2.05, 4.69) is 47.3 Å². The molecule has 4 heteroatoms. The van der Waals surface area contributed by atoms with Crippen molar-refractivity contribution in [3.05, 3.63) is 12.2 Å². The molecule has 20 heavy (non-hydrogen) atoms. The second-order valence-electron chi connectivity index (χ2n) is 8.06. The van der Waals surface area contributed by atoms with Crippen LogP contribution in [0.25, 0.3) is 0 Å². The third-order valence-corrected chi connectivity index (χ3v) is 4.76. The van der Waals surface area contributed by atoms with Crippen LogP contribution in [-0.4, -0.2) is 36.3 Å². The summed E-state index contributed by atoms with van der Waals surface area (Å²) in [5, 5.41) is 0. The van der Waals surface area contributed by atoms with Crippen LogP contribution in [0.4, 0.5) is 0 Å². The highest BCUT2D eigenvalue weighted by Gasteiger charge is 2.48. The number of piperidine rings is 1. The third kappa shape index (κ3) is 4.19. The van der Waals surface area contributed by atoms with E-state index >= 15 is 0 Å². The first-order valence-corrected chi connectivity index (χ1v) is 10.9. The molecule has 0 radical (unpaired) electrons. The molecule has 0 aromatic heterocycles. The smallest absolute Gasteiger partial charge is 0.247 e. The Labute approximate surface area is 125 Å². The van der Waals surface area contributed by atoms with Crippen LogP contribution in [0.2, 0.25) is 19.6 Å². The van der Waals surface area contributed by atoms with Crippen LogP contribution >= 0.6 is 0 Å². The summed E-state index contributed by atoms with van der Waals surface area (Å²) < 4.78 is 6.32. The molecule has 116 valence electrons. The summed E-state index contributed by atoms with van der Waals surface area (Å²) in [6.07, 6.45) is 5.55. The first kappa shape index (κ1) is 17.4. The molecule has 0 N–H and O–H groups in total. The molecule has 0 spiro atoms. The average Bonchev–Trinajstić information content (AvgIpc) is 2.09. The quantitative estimate of drug-likeness (QED) is 0.583. The second-order valence-corrected chi connectivity index (χ2v) is 12.5. The van der Waals surface area contributed by atoms with Crippen molar-refractivity contribution in [3.63, 3.8) is 0 Å². The zero-order valence-electron chi connectivity index (χ0n) is 14.4. The molecule has 0 aromatic carbocycles. The van der Waals surface area contributed by atoms with Gasteiger partial charge in [0.05, 0.1) is 0 Å². The Kier molecular flexibility index (Phi) is 4.92. The van der Waals surface area contributed by atoms with Gasteiger partial charge >= 0.3 is 0 Å². The molecule has 1 amide bonds. The largest absolute Gasteiger partial charge is 0.415 e. The highest BCUT2D eigenvalue weighted by molar-refractivity contribution is 6.69. The Morgan fingerprint density at radius 1 is 1.15 bits per heavy atom. The molecule has 0 aromatic rings. The number of carbonyl (C=O) groups excluding carboxylic acids is 1. The maximum atomic E-state index is 12.4. The monoisotopic (exact) mass is 297 g/mol. The molecular formula is C16H31NO2Si. The van der Waals surface area contributed by atoms with Gasteiger partial charge in [-0.15, -0.1) is 0 Å². The number of carbonyl (C=O) groups is 1. The van der Waals surface area contributed by atoms with Crippen molar-refractivity contribution < 1.29 is 9.22 Å². The molecule has 1 fully saturated rings. The van der Waals surface area contributed by atoms with Gasteiger partial charge < -0.3 is 9.33 Å². The Bertz CT molecular complexity index is 376. The predicted molar refractivity (Wildman–Crippen MR) is 87.3 cm³/mol. The zero-order chi connectivity index (χ0) is 15.8. The number of hydrogen-bond acceptors (Lipinski definition) is 2. The molecule has 0 saturated carbocycles. The molecule has 1 rings (SSSR count). The number of likely N-dealkylation sites (tertiary alicyclic amines) is 1. The summed E-state index contributed by atoms with van der Waals surface area (Å²) in [6.45, 7) is 17.2. The normalized spacial score (nSPS) is 23.3. The Morgan fingerprint density at radius 2 is 1.60 bits per heavy atom. The maximum Gasteiger partial charge on any atom is 0.247 e. The molecule has 1 aliphatic heterocycles. The molecule has 0 aliphatic carbocycles. The molecule has 1 saturated heterocycles. The lowest BCUT2D eigenvalue weighted by Crippen LogP contribution is -2.64. The fourth-order valence-electron chi connectivity index (χ4n) is 3.59. The van der Waals surface area contributed by atoms with Gasteiger partial charge in [-0.25, -0.2) is 0 Å². The van der Waals surface area contributed by atoms with E-state index in [0.29, 0.717) is 0 Å². The minimum Gasteiger partial charge on any atom is -0.415 e. The van der Waals surface area contributed by atoms with Crippen LogP contribution in [0.15, 0.2) is 12.2 Å². The average molecular weight is 298 g/mol. The van der Waals surface area contributed by atoms with Crippen LogP contribution < -0.4 is 0 Å². The zero-order valence-corrected chi connectivity index (χ0v) is 15.4. The minimum atomic E-state index is -1.55. The van der Waals surface area contributed by atoms with Crippen molar-refractivity contribution in [2.24, 2.45) is 0 Å². The van der Waals surface area contributed by atoms with Gasteiger partial charge in [0.1, 0.15) is 0 Å². The van der Waals surface area contributed by atoms with Crippen LogP contribution in [0.1, 0.15) is 47.5 Å². The summed E-state index contributed by atoms with van der Waals surface area (Å²) in [7, 11) is -1.55. The van der Waals surface area contributed by atoms with E-state index in [-0.39, 0.29) is 23.1 Å². The van der Waals surface area contributed by atoms with Gasteiger partial charge in [0, 0.05) is 17.2 Å². The minimum absolute atomic E-state index is 0.106. The molecule has 0 unspecified atom stereocenters. The highest BCUT2D eigenvalue weighted by atomic mass is 28.4. The molecular weight excluding hydrogens is 266 g/mol. The molecule has 1 heterocycles. The predicted octanol–water partition coefficient (Wildman–Crippen LogP) is 3.96. The molecule has 0 bridgehead atoms. The summed E-state index contributed by atoms with van der Waals surface area (Å²) in [4.78, 5) is 14.5. The fraction of sp³-hybridized carbons (Fsp3) is 0.812. The summed E-state index contributed by atoms with van der Waals surface area (Å²) in [6, 6.07) is 0. The van der Waals surface area contributed by atoms with Crippen LogP contribution in [0.5, 0.6) is 0 Å². The first-order valence-electron chi connectivity index (χ1n) is 7.54. The number of hydrogen-bond donors (Lipinski definition) is 0. The fourth-order valence-corrected chi connectivity index (χ4v) is 4.75. The highest BCUT2D eigenvalue weighted by Crippen LogP contribution is 2.40. The van der Waals surface area contributed by atoms with Gasteiger partial charge in [0.25, 0.3) is 0 Å². The Balaban J connectivity index is 3.01. The van der Waals surface area contributed by atoms with E-state index in [1.807, 2.05) is 17.9 Å². The van der Waals surface area contributed by atoms with Crippen LogP contribution in [0.3, 0.4) is 0 Å². The summed E-state index contributed by atoms with van der Waals surface area (Å²) >= 11 is 0. The Hall–Kier alpha value is -0.613. The van der Waals surface area contributed by atoms with Gasteiger partial charge in [-0.1, -0.05) is 6.08 Å². The first-order chi connectivity index (χ1) is 8.89. The van der Waals surface area contributed by atoms with E-state index in [1.54, 1.807) is 6.08 Å². The van der Waals surface area contributed by atoms with E-state index in [4.69, 9.17) is 4.43 Å². The van der Waals surface area contributed by atoms with E-state index < -0.39 is 8.32 Å². The second kappa shape index (κ2) is 5.64. The van der Waals surface area contributed by atoms with Crippen LogP contribution in [0, 0.1) is 0 Å². The van der Waals surface area contributed by atoms with Gasteiger partial charge in [0.15, 0.2) is 8.32 Å². The van der Waals surface area contributed by atoms with Crippen molar-refractivity contribution in [1.82, 2.24) is 4.90 Å². The van der Waals surface area contributed by atoms with Crippen LogP contribution in [-0.2, 0) is 9.22 Å². The molecule has 3 nitrogen and oxygen atoms in total. The van der Waals surface area contributed by atoms with Crippen molar-refractivity contribution in [3.8, 4) is 0 Å². The number of amides is 1. The summed E-state index contributed by atoms with van der Waals surface area (Å²) in [5.41, 5.74) is -0.356. The lowest BCUT2D eigenvalue weighted by Gasteiger charge is -2.55. The van der Waals surface area contributed by atoms with Crippen molar-refractivity contribution in [1.29, 1.82) is 0 Å². The van der Waals surface area contributed by atoms with E-state index in [0.717, 1.165) is 12.8 Å². The van der Waals surface area contributed by atoms with Gasteiger partial charge in [-0.3, -0.25) is 4.79 Å². The Morgan fingerprint density at radius 3 is 1.95 bits per heavy atom. The van der Waals surface area contributed by atoms with Crippen molar-refractivity contribution in [2.45, 2.75) is 84.3 Å². The number of rotatable bonds is 3. The van der Waals surface area contributed by atoms with Gasteiger partial charge in [-0.05, 0) is 73.2 Å². The number of allylic oxidation sites excluding steroid dienone is 1. The van der Waals surface area contributed by atoms with E-state index in [9.17, 15) is 4.79 Å². The maximum absolute atomic E-state index is 12.4. The third-order valence-electron chi connectivity index (χ3n) is 3.71. The topological polar surface area (TPSA) is 29.5 Å². The van der Waals surface area contributed by atoms with E-state index in [1.165, 1.54) is 0 Å². The lowest BCUT2D eigenvalue weighted by atomic mass is 9.78. The standard InChI is InChI=1S/C16H31NO2Si/c1-9-10-14(18)17-15(2,3)11-13(12-16(17,4)5)19-20(6,7)8/h9-10,13H,11-12H2,1-8H3. The van der Waals surface area contributed by atoms with Crippen molar-refractivity contribution >= 4 is 14.2 Å². The SMILES string of the molecule is CC=CC(=O)N1C(C)(C)CC(O[Si](C)(C)C)CC1(C)C. The molecule has 1 aliphatic rings.